The summed E-state index contributed by atoms with van der Waals surface area (Å²) in [6.07, 6.45) is 3.89. The maximum absolute atomic E-state index is 11.8. The van der Waals surface area contributed by atoms with Gasteiger partial charge >= 0.3 is 0 Å². The summed E-state index contributed by atoms with van der Waals surface area (Å²) in [5.41, 5.74) is 13.0. The van der Waals surface area contributed by atoms with Crippen LogP contribution in [0.1, 0.15) is 38.8 Å². The van der Waals surface area contributed by atoms with Crippen molar-refractivity contribution in [3.05, 3.63) is 103 Å². The molecule has 12 heteroatoms. The van der Waals surface area contributed by atoms with Gasteiger partial charge in [0.2, 0.25) is 0 Å². The van der Waals surface area contributed by atoms with Crippen LogP contribution in [0.5, 0.6) is 0 Å². The predicted octanol–water partition coefficient (Wildman–Crippen LogP) is 5.89. The molecule has 0 aliphatic heterocycles. The van der Waals surface area contributed by atoms with Crippen molar-refractivity contribution >= 4 is 22.7 Å². The minimum absolute atomic E-state index is 0.00911. The lowest BCUT2D eigenvalue weighted by Gasteiger charge is -2.13. The average Bonchev–Trinajstić information content (AvgIpc) is 3.03. The zero-order chi connectivity index (χ0) is 35.5. The van der Waals surface area contributed by atoms with Gasteiger partial charge in [0.1, 0.15) is 5.69 Å². The van der Waals surface area contributed by atoms with Crippen LogP contribution in [0.25, 0.3) is 22.3 Å². The Bertz CT molecular complexity index is 1780. The highest BCUT2D eigenvalue weighted by molar-refractivity contribution is 5.76. The van der Waals surface area contributed by atoms with Crippen molar-refractivity contribution in [1.29, 1.82) is 0 Å². The van der Waals surface area contributed by atoms with E-state index < -0.39 is 4.92 Å². The summed E-state index contributed by atoms with van der Waals surface area (Å²) in [4.78, 5) is 34.5. The molecule has 0 amide bonds. The molecular formula is C36H48N6O6. The first-order valence-corrected chi connectivity index (χ1v) is 15.9. The van der Waals surface area contributed by atoms with Crippen molar-refractivity contribution in [2.45, 2.75) is 53.8 Å². The van der Waals surface area contributed by atoms with Gasteiger partial charge in [-0.1, -0.05) is 6.07 Å². The fourth-order valence-electron chi connectivity index (χ4n) is 4.94. The largest absolute Gasteiger partial charge is 0.397 e. The average molecular weight is 661 g/mol. The molecule has 0 saturated carbocycles. The van der Waals surface area contributed by atoms with Crippen LogP contribution in [0.15, 0.2) is 70.5 Å². The lowest BCUT2D eigenvalue weighted by Crippen LogP contribution is -2.18. The summed E-state index contributed by atoms with van der Waals surface area (Å²) < 4.78 is 14.1. The van der Waals surface area contributed by atoms with E-state index in [0.29, 0.717) is 43.2 Å². The molecule has 2 aromatic carbocycles. The first kappa shape index (κ1) is 37.5. The molecule has 12 nitrogen and oxygen atoms in total. The van der Waals surface area contributed by atoms with Gasteiger partial charge < -0.3 is 35.0 Å². The van der Waals surface area contributed by atoms with Gasteiger partial charge in [0, 0.05) is 56.8 Å². The van der Waals surface area contributed by atoms with Crippen molar-refractivity contribution < 1.29 is 14.4 Å². The van der Waals surface area contributed by atoms with Gasteiger partial charge in [-0.25, -0.2) is 0 Å². The lowest BCUT2D eigenvalue weighted by atomic mass is 10.0. The maximum Gasteiger partial charge on any atom is 0.292 e. The number of nitro groups is 1. The number of hydrogen-bond acceptors (Lipinski definition) is 9. The quantitative estimate of drug-likeness (QED) is 0.0689. The molecule has 2 heterocycles. The topological polar surface area (TPSA) is 156 Å². The van der Waals surface area contributed by atoms with E-state index in [-0.39, 0.29) is 29.0 Å². The second-order valence-corrected chi connectivity index (χ2v) is 12.1. The number of nitrogens with zero attached hydrogens (tertiary/aromatic N) is 3. The third kappa shape index (κ3) is 10.5. The summed E-state index contributed by atoms with van der Waals surface area (Å²) in [7, 11) is 3.45. The van der Waals surface area contributed by atoms with Crippen LogP contribution in [0.2, 0.25) is 0 Å². The predicted molar refractivity (Wildman–Crippen MR) is 194 cm³/mol. The van der Waals surface area contributed by atoms with E-state index in [2.05, 4.69) is 10.6 Å². The van der Waals surface area contributed by atoms with Gasteiger partial charge in [0.05, 0.1) is 41.7 Å². The molecule has 4 aromatic rings. The van der Waals surface area contributed by atoms with Crippen molar-refractivity contribution in [1.82, 2.24) is 9.13 Å². The Balaban J connectivity index is 0.000000261. The summed E-state index contributed by atoms with van der Waals surface area (Å²) in [5, 5.41) is 17.6. The van der Waals surface area contributed by atoms with E-state index in [1.165, 1.54) is 10.6 Å². The molecule has 0 radical (unpaired) electrons. The SMILES string of the molecule is Cc1cc(-c2ccc(N)c(NCCOC(C)C)c2)cn(C)c1=O.Cc1cc(-c2ccc([N+](=O)[O-])c(NCCOC(C)C)c2)cn(C)c1=O. The highest BCUT2D eigenvalue weighted by Crippen LogP contribution is 2.31. The Hall–Kier alpha value is -4.94. The molecule has 0 unspecified atom stereocenters. The first-order valence-electron chi connectivity index (χ1n) is 15.9. The molecular weight excluding hydrogens is 612 g/mol. The molecule has 0 spiro atoms. The first-order chi connectivity index (χ1) is 22.7. The Morgan fingerprint density at radius 1 is 0.729 bits per heavy atom. The highest BCUT2D eigenvalue weighted by atomic mass is 16.6. The van der Waals surface area contributed by atoms with Gasteiger partial charge in [0.15, 0.2) is 0 Å². The molecule has 0 saturated heterocycles. The molecule has 4 rings (SSSR count). The number of nitrogens with one attached hydrogen (secondary N) is 2. The van der Waals surface area contributed by atoms with Gasteiger partial charge in [0.25, 0.3) is 16.8 Å². The highest BCUT2D eigenvalue weighted by Gasteiger charge is 2.15. The van der Waals surface area contributed by atoms with Crippen LogP contribution in [-0.2, 0) is 23.6 Å². The molecule has 258 valence electrons. The van der Waals surface area contributed by atoms with Crippen LogP contribution in [-0.4, -0.2) is 52.6 Å². The van der Waals surface area contributed by atoms with E-state index in [1.807, 2.05) is 65.1 Å². The monoisotopic (exact) mass is 660 g/mol. The summed E-state index contributed by atoms with van der Waals surface area (Å²) in [6.45, 7) is 13.7. The molecule has 48 heavy (non-hydrogen) atoms. The standard InChI is InChI=1S/C18H23N3O4.C18H25N3O2/c1-12(2)25-8-7-19-16-10-14(5-6-17(16)21(23)24)15-9-13(3)18(22)20(4)11-15;1-12(2)23-8-7-20-17-10-14(5-6-16(17)19)15-9-13(3)18(22)21(4)11-15/h5-6,9-12,19H,7-8H2,1-4H3;5-6,9-12,20H,7-8,19H2,1-4H3. The Morgan fingerprint density at radius 2 is 1.17 bits per heavy atom. The number of nitro benzene ring substituents is 1. The lowest BCUT2D eigenvalue weighted by molar-refractivity contribution is -0.383. The Morgan fingerprint density at radius 3 is 1.60 bits per heavy atom. The number of anilines is 3. The molecule has 4 N–H and O–H groups in total. The maximum atomic E-state index is 11.8. The molecule has 0 fully saturated rings. The third-order valence-electron chi connectivity index (χ3n) is 7.38. The Labute approximate surface area is 281 Å². The number of aromatic nitrogens is 2. The van der Waals surface area contributed by atoms with Gasteiger partial charge in [-0.15, -0.1) is 0 Å². The van der Waals surface area contributed by atoms with Gasteiger partial charge in [-0.3, -0.25) is 19.7 Å². The molecule has 2 aromatic heterocycles. The zero-order valence-electron chi connectivity index (χ0n) is 29.1. The molecule has 0 atom stereocenters. The van der Waals surface area contributed by atoms with Crippen LogP contribution >= 0.6 is 0 Å². The van der Waals surface area contributed by atoms with E-state index in [1.54, 1.807) is 50.0 Å². The summed E-state index contributed by atoms with van der Waals surface area (Å²) >= 11 is 0. The number of hydrogen-bond donors (Lipinski definition) is 3. The van der Waals surface area contributed by atoms with E-state index in [4.69, 9.17) is 15.2 Å². The van der Waals surface area contributed by atoms with Crippen LogP contribution in [0.4, 0.5) is 22.7 Å². The van der Waals surface area contributed by atoms with Crippen LogP contribution < -0.4 is 27.5 Å². The third-order valence-corrected chi connectivity index (χ3v) is 7.38. The molecule has 0 aliphatic rings. The summed E-state index contributed by atoms with van der Waals surface area (Å²) in [5.74, 6) is 0. The van der Waals surface area contributed by atoms with Crippen molar-refractivity contribution in [3.8, 4) is 22.3 Å². The Kier molecular flexibility index (Phi) is 13.5. The van der Waals surface area contributed by atoms with Crippen LogP contribution in [0, 0.1) is 24.0 Å². The summed E-state index contributed by atoms with van der Waals surface area (Å²) in [6, 6.07) is 14.4. The van der Waals surface area contributed by atoms with Crippen molar-refractivity contribution in [3.63, 3.8) is 0 Å². The van der Waals surface area contributed by atoms with E-state index in [0.717, 1.165) is 33.5 Å². The van der Waals surface area contributed by atoms with Gasteiger partial charge in [-0.05, 0) is 100 Å². The smallest absolute Gasteiger partial charge is 0.292 e. The number of nitrogens with two attached hydrogens (primary N) is 1. The molecule has 0 bridgehead atoms. The van der Waals surface area contributed by atoms with E-state index >= 15 is 0 Å². The number of pyridine rings is 2. The number of benzene rings is 2. The van der Waals surface area contributed by atoms with Gasteiger partial charge in [-0.2, -0.15) is 0 Å². The van der Waals surface area contributed by atoms with E-state index in [9.17, 15) is 19.7 Å². The minimum Gasteiger partial charge on any atom is -0.397 e. The second-order valence-electron chi connectivity index (χ2n) is 12.1. The van der Waals surface area contributed by atoms with Crippen LogP contribution in [0.3, 0.4) is 0 Å². The fourth-order valence-corrected chi connectivity index (χ4v) is 4.94. The fraction of sp³-hybridized carbons (Fsp3) is 0.389. The number of nitrogen functional groups attached to an aromatic ring is 1. The number of ether oxygens (including phenoxy) is 2. The number of rotatable bonds is 13. The van der Waals surface area contributed by atoms with Crippen molar-refractivity contribution in [2.75, 3.05) is 42.7 Å². The normalized spacial score (nSPS) is 11.0. The zero-order valence-corrected chi connectivity index (χ0v) is 29.1. The number of aryl methyl sites for hydroxylation is 4. The molecule has 0 aliphatic carbocycles. The minimum atomic E-state index is -0.415. The van der Waals surface area contributed by atoms with Crippen molar-refractivity contribution in [2.24, 2.45) is 14.1 Å². The second kappa shape index (κ2) is 17.3.